The molecule has 7 heteroatoms. The topological polar surface area (TPSA) is 69.1 Å². The minimum Gasteiger partial charge on any atom is -0.452 e. The molecule has 154 valence electrons. The van der Waals surface area contributed by atoms with E-state index in [0.717, 1.165) is 44.0 Å². The lowest BCUT2D eigenvalue weighted by Crippen LogP contribution is -3.12. The van der Waals surface area contributed by atoms with Crippen LogP contribution in [0.4, 0.5) is 0 Å². The van der Waals surface area contributed by atoms with E-state index in [1.54, 1.807) is 24.3 Å². The highest BCUT2D eigenvalue weighted by Crippen LogP contribution is 2.17. The molecule has 1 aliphatic heterocycles. The fourth-order valence-corrected chi connectivity index (χ4v) is 3.44. The van der Waals surface area contributed by atoms with Gasteiger partial charge < -0.3 is 19.7 Å². The van der Waals surface area contributed by atoms with E-state index in [9.17, 15) is 9.59 Å². The molecule has 0 saturated carbocycles. The lowest BCUT2D eigenvalue weighted by molar-refractivity contribution is -0.921. The number of carbonyl (C=O) groups is 2. The average Bonchev–Trinajstić information content (AvgIpc) is 2.73. The van der Waals surface area contributed by atoms with Crippen LogP contribution in [0.5, 0.6) is 0 Å². The maximum Gasteiger partial charge on any atom is 0.338 e. The molecule has 6 nitrogen and oxygen atoms in total. The van der Waals surface area contributed by atoms with Crippen LogP contribution in [0.2, 0.25) is 5.02 Å². The molecule has 0 spiro atoms. The van der Waals surface area contributed by atoms with Gasteiger partial charge >= 0.3 is 5.97 Å². The van der Waals surface area contributed by atoms with Gasteiger partial charge in [-0.2, -0.15) is 0 Å². The number of halogens is 1. The van der Waals surface area contributed by atoms with Gasteiger partial charge in [0.05, 0.1) is 24.8 Å². The lowest BCUT2D eigenvalue weighted by Gasteiger charge is -2.23. The second kappa shape index (κ2) is 10.4. The zero-order chi connectivity index (χ0) is 20.6. The molecule has 1 heterocycles. The highest BCUT2D eigenvalue weighted by atomic mass is 35.5. The van der Waals surface area contributed by atoms with Crippen molar-refractivity contribution in [3.8, 4) is 0 Å². The van der Waals surface area contributed by atoms with Crippen LogP contribution in [-0.4, -0.2) is 44.8 Å². The predicted molar refractivity (Wildman–Crippen MR) is 110 cm³/mol. The summed E-state index contributed by atoms with van der Waals surface area (Å²) in [5.41, 5.74) is 2.48. The molecular weight excluding hydrogens is 392 g/mol. The highest BCUT2D eigenvalue weighted by Gasteiger charge is 2.16. The Labute approximate surface area is 175 Å². The SMILES string of the molecule is C[C@H](NC(=O)COC(=O)c1ccc(C[NH+]2CCOCC2)cc1)c1cccc(Cl)c1. The first-order valence-corrected chi connectivity index (χ1v) is 10.1. The molecule has 0 aromatic heterocycles. The highest BCUT2D eigenvalue weighted by molar-refractivity contribution is 6.30. The number of quaternary nitrogens is 1. The number of ether oxygens (including phenoxy) is 2. The molecule has 29 heavy (non-hydrogen) atoms. The Balaban J connectivity index is 1.45. The maximum absolute atomic E-state index is 12.2. The van der Waals surface area contributed by atoms with Gasteiger partial charge in [0.15, 0.2) is 6.61 Å². The number of amides is 1. The van der Waals surface area contributed by atoms with Crippen molar-refractivity contribution in [1.29, 1.82) is 0 Å². The molecule has 1 saturated heterocycles. The van der Waals surface area contributed by atoms with Crippen molar-refractivity contribution in [1.82, 2.24) is 5.32 Å². The number of nitrogens with one attached hydrogen (secondary N) is 2. The van der Waals surface area contributed by atoms with Gasteiger partial charge in [-0.3, -0.25) is 4.79 Å². The quantitative estimate of drug-likeness (QED) is 0.674. The Morgan fingerprint density at radius 2 is 1.90 bits per heavy atom. The molecule has 2 N–H and O–H groups in total. The Morgan fingerprint density at radius 3 is 2.59 bits per heavy atom. The summed E-state index contributed by atoms with van der Waals surface area (Å²) in [5, 5.41) is 3.40. The third-order valence-electron chi connectivity index (χ3n) is 4.90. The fraction of sp³-hybridized carbons (Fsp3) is 0.364. The summed E-state index contributed by atoms with van der Waals surface area (Å²) in [6.07, 6.45) is 0. The van der Waals surface area contributed by atoms with Crippen LogP contribution in [-0.2, 0) is 20.8 Å². The number of esters is 1. The molecule has 1 aliphatic rings. The van der Waals surface area contributed by atoms with Crippen LogP contribution >= 0.6 is 11.6 Å². The van der Waals surface area contributed by atoms with E-state index in [4.69, 9.17) is 21.1 Å². The van der Waals surface area contributed by atoms with Gasteiger partial charge in [0.1, 0.15) is 19.6 Å². The lowest BCUT2D eigenvalue weighted by atomic mass is 10.1. The van der Waals surface area contributed by atoms with Gasteiger partial charge in [0.2, 0.25) is 0 Å². The van der Waals surface area contributed by atoms with Crippen LogP contribution < -0.4 is 10.2 Å². The van der Waals surface area contributed by atoms with E-state index in [1.807, 2.05) is 31.2 Å². The third-order valence-corrected chi connectivity index (χ3v) is 5.14. The Hall–Kier alpha value is -2.41. The van der Waals surface area contributed by atoms with Crippen LogP contribution in [0.3, 0.4) is 0 Å². The first-order chi connectivity index (χ1) is 14.0. The smallest absolute Gasteiger partial charge is 0.338 e. The molecule has 3 rings (SSSR count). The van der Waals surface area contributed by atoms with Crippen LogP contribution in [0.25, 0.3) is 0 Å². The van der Waals surface area contributed by atoms with Crippen molar-refractivity contribution in [3.63, 3.8) is 0 Å². The van der Waals surface area contributed by atoms with Gasteiger partial charge in [-0.25, -0.2) is 4.79 Å². The van der Waals surface area contributed by atoms with Gasteiger partial charge in [-0.15, -0.1) is 0 Å². The van der Waals surface area contributed by atoms with Crippen LogP contribution in [0, 0.1) is 0 Å². The second-order valence-corrected chi connectivity index (χ2v) is 7.59. The number of carbonyl (C=O) groups excluding carboxylic acids is 2. The van der Waals surface area contributed by atoms with Crippen molar-refractivity contribution in [2.75, 3.05) is 32.9 Å². The van der Waals surface area contributed by atoms with E-state index in [1.165, 1.54) is 4.90 Å². The molecule has 0 bridgehead atoms. The molecule has 2 aromatic rings. The van der Waals surface area contributed by atoms with Crippen molar-refractivity contribution >= 4 is 23.5 Å². The van der Waals surface area contributed by atoms with Crippen molar-refractivity contribution < 1.29 is 24.0 Å². The molecule has 1 amide bonds. The normalized spacial score (nSPS) is 15.5. The zero-order valence-corrected chi connectivity index (χ0v) is 17.2. The molecular formula is C22H26ClN2O4+. The summed E-state index contributed by atoms with van der Waals surface area (Å²) in [6.45, 7) is 5.99. The van der Waals surface area contributed by atoms with Crippen molar-refractivity contribution in [2.24, 2.45) is 0 Å². The minimum atomic E-state index is -0.513. The van der Waals surface area contributed by atoms with E-state index in [-0.39, 0.29) is 18.6 Å². The number of benzene rings is 2. The average molecular weight is 418 g/mol. The summed E-state index contributed by atoms with van der Waals surface area (Å²) in [5.74, 6) is -0.876. The first-order valence-electron chi connectivity index (χ1n) is 9.73. The fourth-order valence-electron chi connectivity index (χ4n) is 3.24. The second-order valence-electron chi connectivity index (χ2n) is 7.16. The van der Waals surface area contributed by atoms with Crippen LogP contribution in [0.15, 0.2) is 48.5 Å². The maximum atomic E-state index is 12.2. The van der Waals surface area contributed by atoms with E-state index in [2.05, 4.69) is 5.32 Å². The number of rotatable bonds is 7. The summed E-state index contributed by atoms with van der Waals surface area (Å²) in [4.78, 5) is 25.8. The molecule has 1 atom stereocenters. The molecule has 0 radical (unpaired) electrons. The summed E-state index contributed by atoms with van der Waals surface area (Å²) in [6, 6.07) is 14.4. The van der Waals surface area contributed by atoms with Crippen LogP contribution in [0.1, 0.15) is 34.5 Å². The first kappa shape index (κ1) is 21.3. The molecule has 0 unspecified atom stereocenters. The number of hydrogen-bond acceptors (Lipinski definition) is 4. The Morgan fingerprint density at radius 1 is 1.17 bits per heavy atom. The van der Waals surface area contributed by atoms with Gasteiger partial charge in [0.25, 0.3) is 5.91 Å². The summed E-state index contributed by atoms with van der Waals surface area (Å²) < 4.78 is 10.5. The zero-order valence-electron chi connectivity index (χ0n) is 16.4. The minimum absolute atomic E-state index is 0.234. The molecule has 1 fully saturated rings. The van der Waals surface area contributed by atoms with E-state index in [0.29, 0.717) is 10.6 Å². The van der Waals surface area contributed by atoms with Crippen molar-refractivity contribution in [2.45, 2.75) is 19.5 Å². The number of hydrogen-bond donors (Lipinski definition) is 2. The van der Waals surface area contributed by atoms with Gasteiger partial charge in [-0.05, 0) is 36.8 Å². The summed E-state index contributed by atoms with van der Waals surface area (Å²) in [7, 11) is 0. The Bertz CT molecular complexity index is 835. The van der Waals surface area contributed by atoms with E-state index < -0.39 is 5.97 Å². The molecule has 0 aliphatic carbocycles. The third kappa shape index (κ3) is 6.56. The summed E-state index contributed by atoms with van der Waals surface area (Å²) >= 11 is 5.97. The van der Waals surface area contributed by atoms with Gasteiger partial charge in [-0.1, -0.05) is 35.9 Å². The predicted octanol–water partition coefficient (Wildman–Crippen LogP) is 1.79. The largest absolute Gasteiger partial charge is 0.452 e. The van der Waals surface area contributed by atoms with Crippen molar-refractivity contribution in [3.05, 3.63) is 70.2 Å². The Kier molecular flexibility index (Phi) is 7.63. The molecule has 2 aromatic carbocycles. The number of morpholine rings is 1. The standard InChI is InChI=1S/C22H25ClN2O4/c1-16(19-3-2-4-20(23)13-19)24-21(26)15-29-22(27)18-7-5-17(6-8-18)14-25-9-11-28-12-10-25/h2-8,13,16H,9-12,14-15H2,1H3,(H,24,26)/p+1/t16-/m0/s1. The van der Waals surface area contributed by atoms with Gasteiger partial charge in [0, 0.05) is 10.6 Å². The monoisotopic (exact) mass is 417 g/mol. The van der Waals surface area contributed by atoms with E-state index >= 15 is 0 Å².